The molecule has 1 aromatic carbocycles. The molecule has 20 heavy (non-hydrogen) atoms. The number of benzene rings is 1. The first-order valence-electron chi connectivity index (χ1n) is 7.77. The van der Waals surface area contributed by atoms with Gasteiger partial charge in [0.15, 0.2) is 5.85 Å². The Morgan fingerprint density at radius 1 is 1.10 bits per heavy atom. The van der Waals surface area contributed by atoms with Crippen molar-refractivity contribution in [3.05, 3.63) is 23.8 Å². The second-order valence-electron chi connectivity index (χ2n) is 6.17. The zero-order valence-electron chi connectivity index (χ0n) is 12.0. The van der Waals surface area contributed by atoms with Crippen molar-refractivity contribution < 1.29 is 4.74 Å². The summed E-state index contributed by atoms with van der Waals surface area (Å²) in [6.07, 6.45) is 8.80. The molecule has 0 bridgehead atoms. The second kappa shape index (κ2) is 5.62. The van der Waals surface area contributed by atoms with Crippen molar-refractivity contribution >= 4 is 11.4 Å². The minimum atomic E-state index is -0.722. The van der Waals surface area contributed by atoms with Crippen LogP contribution < -0.4 is 16.8 Å². The van der Waals surface area contributed by atoms with Gasteiger partial charge in [0.25, 0.3) is 0 Å². The molecule has 1 heterocycles. The van der Waals surface area contributed by atoms with E-state index in [0.717, 1.165) is 29.8 Å². The van der Waals surface area contributed by atoms with Crippen LogP contribution in [0.15, 0.2) is 18.2 Å². The molecule has 1 aromatic rings. The molecule has 4 heteroatoms. The number of hydrogen-bond donors (Lipinski definition) is 3. The summed E-state index contributed by atoms with van der Waals surface area (Å²) >= 11 is 0. The average Bonchev–Trinajstić information content (AvgIpc) is 2.38. The molecule has 0 amide bonds. The predicted octanol–water partition coefficient (Wildman–Crippen LogP) is 3.18. The van der Waals surface area contributed by atoms with E-state index in [2.05, 4.69) is 5.32 Å². The van der Waals surface area contributed by atoms with Gasteiger partial charge in [-0.05, 0) is 31.0 Å². The van der Waals surface area contributed by atoms with Gasteiger partial charge in [0, 0.05) is 22.9 Å². The lowest BCUT2D eigenvalue weighted by molar-refractivity contribution is -0.0853. The Labute approximate surface area is 120 Å². The Balaban J connectivity index is 1.77. The van der Waals surface area contributed by atoms with Crippen molar-refractivity contribution in [1.29, 1.82) is 0 Å². The number of nitrogens with one attached hydrogen (secondary N) is 1. The number of fused-ring (bicyclic) bond motifs is 1. The largest absolute Gasteiger partial charge is 0.399 e. The van der Waals surface area contributed by atoms with Crippen LogP contribution in [-0.4, -0.2) is 5.85 Å². The molecular weight excluding hydrogens is 250 g/mol. The van der Waals surface area contributed by atoms with Crippen LogP contribution in [0.4, 0.5) is 11.4 Å². The third-order valence-electron chi connectivity index (χ3n) is 4.64. The summed E-state index contributed by atoms with van der Waals surface area (Å²) in [5.74, 6) is -0.339. The molecule has 0 saturated heterocycles. The van der Waals surface area contributed by atoms with E-state index in [1.807, 2.05) is 18.2 Å². The van der Waals surface area contributed by atoms with Gasteiger partial charge in [-0.1, -0.05) is 32.1 Å². The van der Waals surface area contributed by atoms with Gasteiger partial charge in [-0.15, -0.1) is 0 Å². The van der Waals surface area contributed by atoms with E-state index in [0.29, 0.717) is 12.5 Å². The maximum absolute atomic E-state index is 6.54. The number of hydrogen-bond acceptors (Lipinski definition) is 4. The van der Waals surface area contributed by atoms with Crippen LogP contribution >= 0.6 is 0 Å². The summed E-state index contributed by atoms with van der Waals surface area (Å²) in [6.45, 7) is 0.542. The van der Waals surface area contributed by atoms with Crippen molar-refractivity contribution in [3.63, 3.8) is 0 Å². The van der Waals surface area contributed by atoms with Crippen LogP contribution in [0.25, 0.3) is 0 Å². The quantitative estimate of drug-likeness (QED) is 0.688. The summed E-state index contributed by atoms with van der Waals surface area (Å²) in [6, 6.07) is 5.88. The third-order valence-corrected chi connectivity index (χ3v) is 4.64. The van der Waals surface area contributed by atoms with Gasteiger partial charge in [0.05, 0.1) is 6.61 Å². The Bertz CT molecular complexity index is 469. The van der Waals surface area contributed by atoms with Gasteiger partial charge in [0.2, 0.25) is 0 Å². The van der Waals surface area contributed by atoms with Crippen LogP contribution in [0.1, 0.15) is 50.5 Å². The minimum absolute atomic E-state index is 0.383. The first kappa shape index (κ1) is 13.7. The zero-order valence-corrected chi connectivity index (χ0v) is 12.0. The number of nitrogens with two attached hydrogens (primary N) is 2. The van der Waals surface area contributed by atoms with E-state index in [-0.39, 0.29) is 0 Å². The predicted molar refractivity (Wildman–Crippen MR) is 82.0 cm³/mol. The van der Waals surface area contributed by atoms with Gasteiger partial charge >= 0.3 is 0 Å². The summed E-state index contributed by atoms with van der Waals surface area (Å²) in [5, 5.41) is 3.42. The number of anilines is 2. The summed E-state index contributed by atoms with van der Waals surface area (Å²) < 4.78 is 5.99. The van der Waals surface area contributed by atoms with Crippen LogP contribution in [-0.2, 0) is 11.3 Å². The van der Waals surface area contributed by atoms with Crippen LogP contribution in [0.2, 0.25) is 0 Å². The normalized spacial score (nSPS) is 28.1. The molecular formula is C16H25N3O. The smallest absolute Gasteiger partial charge is 0.196 e. The molecule has 4 nitrogen and oxygen atoms in total. The van der Waals surface area contributed by atoms with E-state index in [1.165, 1.54) is 32.1 Å². The fourth-order valence-corrected chi connectivity index (χ4v) is 3.40. The lowest BCUT2D eigenvalue weighted by Gasteiger charge is -2.42. The SMILES string of the molecule is Nc1ccc2c(c1)COC(N)(C1CCCCCCC1)N2. The van der Waals surface area contributed by atoms with Gasteiger partial charge in [-0.25, -0.2) is 0 Å². The first-order valence-corrected chi connectivity index (χ1v) is 7.77. The van der Waals surface area contributed by atoms with E-state index in [9.17, 15) is 0 Å². The zero-order chi connectivity index (χ0) is 14.0. The maximum atomic E-state index is 6.54. The van der Waals surface area contributed by atoms with Crippen molar-refractivity contribution in [3.8, 4) is 0 Å². The molecule has 2 aliphatic rings. The fraction of sp³-hybridized carbons (Fsp3) is 0.625. The van der Waals surface area contributed by atoms with Crippen molar-refractivity contribution in [2.45, 2.75) is 57.4 Å². The maximum Gasteiger partial charge on any atom is 0.196 e. The second-order valence-corrected chi connectivity index (χ2v) is 6.17. The summed E-state index contributed by atoms with van der Waals surface area (Å²) in [5.41, 5.74) is 15.3. The Morgan fingerprint density at radius 3 is 2.55 bits per heavy atom. The van der Waals surface area contributed by atoms with Crippen molar-refractivity contribution in [1.82, 2.24) is 0 Å². The summed E-state index contributed by atoms with van der Waals surface area (Å²) in [4.78, 5) is 0. The Morgan fingerprint density at radius 2 is 1.80 bits per heavy atom. The van der Waals surface area contributed by atoms with Crippen LogP contribution in [0.5, 0.6) is 0 Å². The third kappa shape index (κ3) is 2.76. The topological polar surface area (TPSA) is 73.3 Å². The molecule has 1 saturated carbocycles. The van der Waals surface area contributed by atoms with E-state index in [1.54, 1.807) is 0 Å². The highest BCUT2D eigenvalue weighted by molar-refractivity contribution is 5.59. The fourth-order valence-electron chi connectivity index (χ4n) is 3.40. The highest BCUT2D eigenvalue weighted by Crippen LogP contribution is 2.36. The molecule has 0 radical (unpaired) electrons. The number of ether oxygens (including phenoxy) is 1. The van der Waals surface area contributed by atoms with Crippen molar-refractivity contribution in [2.75, 3.05) is 11.1 Å². The standard InChI is InChI=1S/C16H25N3O/c17-14-8-9-15-12(10-14)11-20-16(18,19-15)13-6-4-2-1-3-5-7-13/h8-10,13,19H,1-7,11,17-18H2. The first-order chi connectivity index (χ1) is 9.67. The number of rotatable bonds is 1. The highest BCUT2D eigenvalue weighted by Gasteiger charge is 2.38. The highest BCUT2D eigenvalue weighted by atomic mass is 16.5. The summed E-state index contributed by atoms with van der Waals surface area (Å²) in [7, 11) is 0. The molecule has 3 rings (SSSR count). The molecule has 1 unspecified atom stereocenters. The van der Waals surface area contributed by atoms with Crippen LogP contribution in [0.3, 0.4) is 0 Å². The molecule has 1 fully saturated rings. The van der Waals surface area contributed by atoms with Gasteiger partial charge < -0.3 is 15.8 Å². The minimum Gasteiger partial charge on any atom is -0.399 e. The Hall–Kier alpha value is -1.26. The van der Waals surface area contributed by atoms with E-state index in [4.69, 9.17) is 16.2 Å². The molecule has 1 aliphatic carbocycles. The van der Waals surface area contributed by atoms with Gasteiger partial charge in [-0.3, -0.25) is 5.73 Å². The average molecular weight is 275 g/mol. The van der Waals surface area contributed by atoms with E-state index < -0.39 is 5.85 Å². The van der Waals surface area contributed by atoms with E-state index >= 15 is 0 Å². The molecule has 0 spiro atoms. The van der Waals surface area contributed by atoms with Gasteiger partial charge in [-0.2, -0.15) is 0 Å². The Kier molecular flexibility index (Phi) is 3.85. The lowest BCUT2D eigenvalue weighted by Crippen LogP contribution is -2.58. The lowest BCUT2D eigenvalue weighted by atomic mass is 9.86. The number of nitrogen functional groups attached to an aromatic ring is 1. The van der Waals surface area contributed by atoms with Crippen LogP contribution in [0, 0.1) is 5.92 Å². The van der Waals surface area contributed by atoms with Gasteiger partial charge in [0.1, 0.15) is 0 Å². The molecule has 0 aromatic heterocycles. The monoisotopic (exact) mass is 275 g/mol. The molecule has 1 aliphatic heterocycles. The molecule has 110 valence electrons. The molecule has 1 atom stereocenters. The molecule has 5 N–H and O–H groups in total. The van der Waals surface area contributed by atoms with Crippen molar-refractivity contribution in [2.24, 2.45) is 11.7 Å².